The van der Waals surface area contributed by atoms with Crippen molar-refractivity contribution in [1.29, 1.82) is 0 Å². The fraction of sp³-hybridized carbons (Fsp3) is 0. The third-order valence-electron chi connectivity index (χ3n) is 2.45. The molecule has 0 amide bonds. The Labute approximate surface area is 119 Å². The van der Waals surface area contributed by atoms with E-state index in [2.05, 4.69) is 5.32 Å². The average molecular weight is 298 g/mol. The van der Waals surface area contributed by atoms with Crippen molar-refractivity contribution >= 4 is 46.0 Å². The number of nitro groups is 1. The van der Waals surface area contributed by atoms with Crippen LogP contribution in [0.25, 0.3) is 0 Å². The van der Waals surface area contributed by atoms with E-state index in [1.165, 1.54) is 6.07 Å². The van der Waals surface area contributed by atoms with Crippen molar-refractivity contribution in [1.82, 2.24) is 0 Å². The SMILES string of the molecule is Nc1cccc(Nc2ccc(Cl)c(Cl)c2)c1[N+](=O)[O-]. The number of halogens is 2. The number of nitrogen functional groups attached to an aromatic ring is 1. The van der Waals surface area contributed by atoms with Crippen LogP contribution in [0.4, 0.5) is 22.7 Å². The maximum absolute atomic E-state index is 11.0. The number of benzene rings is 2. The maximum Gasteiger partial charge on any atom is 0.315 e. The number of nitrogens with zero attached hydrogens (tertiary/aromatic N) is 1. The molecule has 98 valence electrons. The van der Waals surface area contributed by atoms with Crippen LogP contribution in [0.1, 0.15) is 0 Å². The summed E-state index contributed by atoms with van der Waals surface area (Å²) in [6, 6.07) is 9.51. The van der Waals surface area contributed by atoms with E-state index in [-0.39, 0.29) is 11.4 Å². The molecular weight excluding hydrogens is 289 g/mol. The van der Waals surface area contributed by atoms with Crippen LogP contribution in [0.5, 0.6) is 0 Å². The summed E-state index contributed by atoms with van der Waals surface area (Å²) in [4.78, 5) is 10.5. The third-order valence-corrected chi connectivity index (χ3v) is 3.19. The van der Waals surface area contributed by atoms with Crippen molar-refractivity contribution in [3.63, 3.8) is 0 Å². The number of hydrogen-bond acceptors (Lipinski definition) is 4. The molecular formula is C12H9Cl2N3O2. The lowest BCUT2D eigenvalue weighted by Crippen LogP contribution is -2.00. The van der Waals surface area contributed by atoms with Crippen LogP contribution in [0.2, 0.25) is 10.0 Å². The molecule has 0 unspecified atom stereocenters. The molecule has 0 spiro atoms. The van der Waals surface area contributed by atoms with Gasteiger partial charge in [0.15, 0.2) is 0 Å². The van der Waals surface area contributed by atoms with Crippen LogP contribution in [0.3, 0.4) is 0 Å². The van der Waals surface area contributed by atoms with Crippen LogP contribution in [0, 0.1) is 10.1 Å². The largest absolute Gasteiger partial charge is 0.393 e. The Bertz CT molecular complexity index is 647. The molecule has 0 aliphatic rings. The van der Waals surface area contributed by atoms with Gasteiger partial charge in [0.05, 0.1) is 15.0 Å². The lowest BCUT2D eigenvalue weighted by molar-refractivity contribution is -0.383. The van der Waals surface area contributed by atoms with Crippen molar-refractivity contribution in [3.8, 4) is 0 Å². The molecule has 3 N–H and O–H groups in total. The highest BCUT2D eigenvalue weighted by Gasteiger charge is 2.17. The molecule has 0 fully saturated rings. The number of nitrogens with two attached hydrogens (primary N) is 1. The van der Waals surface area contributed by atoms with Crippen LogP contribution in [-0.2, 0) is 0 Å². The smallest absolute Gasteiger partial charge is 0.315 e. The van der Waals surface area contributed by atoms with Gasteiger partial charge < -0.3 is 11.1 Å². The van der Waals surface area contributed by atoms with Crippen LogP contribution < -0.4 is 11.1 Å². The summed E-state index contributed by atoms with van der Waals surface area (Å²) in [5, 5.41) is 14.7. The average Bonchev–Trinajstić information content (AvgIpc) is 2.33. The molecule has 2 aromatic rings. The van der Waals surface area contributed by atoms with Gasteiger partial charge in [-0.25, -0.2) is 0 Å². The molecule has 2 aromatic carbocycles. The minimum atomic E-state index is -0.533. The van der Waals surface area contributed by atoms with Gasteiger partial charge in [0.2, 0.25) is 0 Å². The molecule has 5 nitrogen and oxygen atoms in total. The van der Waals surface area contributed by atoms with Gasteiger partial charge in [0.25, 0.3) is 0 Å². The highest BCUT2D eigenvalue weighted by Crippen LogP contribution is 2.34. The zero-order valence-electron chi connectivity index (χ0n) is 9.56. The van der Waals surface area contributed by atoms with Crippen molar-refractivity contribution in [2.24, 2.45) is 0 Å². The number of nitro benzene ring substituents is 1. The van der Waals surface area contributed by atoms with Gasteiger partial charge >= 0.3 is 5.69 Å². The molecule has 0 aromatic heterocycles. The highest BCUT2D eigenvalue weighted by atomic mass is 35.5. The van der Waals surface area contributed by atoms with Gasteiger partial charge in [-0.05, 0) is 30.3 Å². The number of rotatable bonds is 3. The van der Waals surface area contributed by atoms with Crippen LogP contribution >= 0.6 is 23.2 Å². The quantitative estimate of drug-likeness (QED) is 0.505. The Morgan fingerprint density at radius 3 is 2.53 bits per heavy atom. The van der Waals surface area contributed by atoms with E-state index < -0.39 is 4.92 Å². The predicted molar refractivity (Wildman–Crippen MR) is 77.3 cm³/mol. The van der Waals surface area contributed by atoms with Crippen LogP contribution in [-0.4, -0.2) is 4.92 Å². The number of anilines is 3. The monoisotopic (exact) mass is 297 g/mol. The van der Waals surface area contributed by atoms with Gasteiger partial charge in [-0.3, -0.25) is 10.1 Å². The second kappa shape index (κ2) is 5.34. The summed E-state index contributed by atoms with van der Waals surface area (Å²) in [7, 11) is 0. The van der Waals surface area contributed by atoms with Gasteiger partial charge in [0, 0.05) is 5.69 Å². The van der Waals surface area contributed by atoms with Gasteiger partial charge in [-0.1, -0.05) is 29.3 Å². The van der Waals surface area contributed by atoms with E-state index in [4.69, 9.17) is 28.9 Å². The number of hydrogen-bond donors (Lipinski definition) is 2. The summed E-state index contributed by atoms with van der Waals surface area (Å²) in [5.41, 5.74) is 6.40. The second-order valence-corrected chi connectivity index (χ2v) is 4.57. The van der Waals surface area contributed by atoms with E-state index in [9.17, 15) is 10.1 Å². The zero-order chi connectivity index (χ0) is 14.0. The minimum Gasteiger partial charge on any atom is -0.393 e. The predicted octanol–water partition coefficient (Wildman–Crippen LogP) is 4.23. The fourth-order valence-electron chi connectivity index (χ4n) is 1.60. The Morgan fingerprint density at radius 1 is 1.16 bits per heavy atom. The molecule has 0 bridgehead atoms. The molecule has 0 aliphatic heterocycles. The second-order valence-electron chi connectivity index (χ2n) is 3.75. The fourth-order valence-corrected chi connectivity index (χ4v) is 1.89. The van der Waals surface area contributed by atoms with Gasteiger partial charge in [-0.2, -0.15) is 0 Å². The lowest BCUT2D eigenvalue weighted by atomic mass is 10.2. The summed E-state index contributed by atoms with van der Waals surface area (Å²) in [6.07, 6.45) is 0. The molecule has 0 radical (unpaired) electrons. The maximum atomic E-state index is 11.0. The summed E-state index contributed by atoms with van der Waals surface area (Å²) >= 11 is 11.7. The third kappa shape index (κ3) is 2.89. The van der Waals surface area contributed by atoms with Gasteiger partial charge in [0.1, 0.15) is 11.4 Å². The van der Waals surface area contributed by atoms with E-state index in [0.29, 0.717) is 21.4 Å². The molecule has 0 atom stereocenters. The molecule has 19 heavy (non-hydrogen) atoms. The molecule has 7 heteroatoms. The first-order chi connectivity index (χ1) is 8.99. The number of nitrogens with one attached hydrogen (secondary N) is 1. The first kappa shape index (κ1) is 13.5. The topological polar surface area (TPSA) is 81.2 Å². The Hall–Kier alpha value is -1.98. The molecule has 0 aliphatic carbocycles. The first-order valence-corrected chi connectivity index (χ1v) is 5.99. The van der Waals surface area contributed by atoms with Crippen molar-refractivity contribution in [3.05, 3.63) is 56.6 Å². The molecule has 0 saturated carbocycles. The van der Waals surface area contributed by atoms with Crippen molar-refractivity contribution < 1.29 is 4.92 Å². The standard InChI is InChI=1S/C12H9Cl2N3O2/c13-8-5-4-7(6-9(8)14)16-11-3-1-2-10(15)12(11)17(18)19/h1-6,16H,15H2. The Balaban J connectivity index is 2.40. The van der Waals surface area contributed by atoms with E-state index in [1.54, 1.807) is 30.3 Å². The molecule has 0 saturated heterocycles. The zero-order valence-corrected chi connectivity index (χ0v) is 11.1. The summed E-state index contributed by atoms with van der Waals surface area (Å²) in [6.45, 7) is 0. The molecule has 0 heterocycles. The Kier molecular flexibility index (Phi) is 3.78. The summed E-state index contributed by atoms with van der Waals surface area (Å²) < 4.78 is 0. The Morgan fingerprint density at radius 2 is 1.89 bits per heavy atom. The van der Waals surface area contributed by atoms with Crippen molar-refractivity contribution in [2.45, 2.75) is 0 Å². The van der Waals surface area contributed by atoms with E-state index in [0.717, 1.165) is 0 Å². The van der Waals surface area contributed by atoms with Crippen molar-refractivity contribution in [2.75, 3.05) is 11.1 Å². The minimum absolute atomic E-state index is 0.0926. The van der Waals surface area contributed by atoms with Gasteiger partial charge in [-0.15, -0.1) is 0 Å². The van der Waals surface area contributed by atoms with E-state index >= 15 is 0 Å². The first-order valence-electron chi connectivity index (χ1n) is 5.24. The lowest BCUT2D eigenvalue weighted by Gasteiger charge is -2.09. The normalized spacial score (nSPS) is 10.2. The number of para-hydroxylation sites is 1. The molecule has 2 rings (SSSR count). The van der Waals surface area contributed by atoms with E-state index in [1.807, 2.05) is 0 Å². The highest BCUT2D eigenvalue weighted by molar-refractivity contribution is 6.42. The summed E-state index contributed by atoms with van der Waals surface area (Å²) in [5.74, 6) is 0. The van der Waals surface area contributed by atoms with Crippen LogP contribution in [0.15, 0.2) is 36.4 Å².